The summed E-state index contributed by atoms with van der Waals surface area (Å²) in [4.78, 5) is 27.9. The van der Waals surface area contributed by atoms with Crippen LogP contribution in [0.25, 0.3) is 10.4 Å². The lowest BCUT2D eigenvalue weighted by atomic mass is 10.1. The largest absolute Gasteiger partial charge is 0.394 e. The first-order chi connectivity index (χ1) is 9.06. The molecule has 2 heterocycles. The minimum atomic E-state index is -0.823. The third-order valence-corrected chi connectivity index (χ3v) is 2.99. The standard InChI is InChI=1S/C10H13N5O4/c1-5-3-15(10(18)12-8(5)17)9-7(13-14-11)2-6(4-16)19-9/h3,6-7,9,16H,2,4H2,1H3,(H,12,17,18)/t6-,7?,9+/m0/s1. The molecule has 0 aliphatic carbocycles. The van der Waals surface area contributed by atoms with Crippen molar-refractivity contribution in [1.29, 1.82) is 0 Å². The number of H-pyrrole nitrogens is 1. The van der Waals surface area contributed by atoms with Crippen molar-refractivity contribution >= 4 is 0 Å². The maximum atomic E-state index is 11.8. The Morgan fingerprint density at radius 1 is 1.68 bits per heavy atom. The molecule has 0 radical (unpaired) electrons. The lowest BCUT2D eigenvalue weighted by Crippen LogP contribution is -2.36. The number of azide groups is 1. The van der Waals surface area contributed by atoms with Gasteiger partial charge in [0, 0.05) is 16.7 Å². The van der Waals surface area contributed by atoms with Gasteiger partial charge in [-0.2, -0.15) is 0 Å². The van der Waals surface area contributed by atoms with Gasteiger partial charge in [0.25, 0.3) is 5.56 Å². The van der Waals surface area contributed by atoms with Crippen molar-refractivity contribution in [3.8, 4) is 0 Å². The molecule has 0 aromatic carbocycles. The summed E-state index contributed by atoms with van der Waals surface area (Å²) in [6.45, 7) is 1.32. The summed E-state index contributed by atoms with van der Waals surface area (Å²) in [5, 5.41) is 12.6. The van der Waals surface area contributed by atoms with Crippen LogP contribution in [0.4, 0.5) is 0 Å². The van der Waals surface area contributed by atoms with Gasteiger partial charge < -0.3 is 9.84 Å². The number of aliphatic hydroxyl groups is 1. The molecule has 1 aliphatic rings. The predicted molar refractivity (Wildman–Crippen MR) is 64.6 cm³/mol. The molecule has 0 amide bonds. The van der Waals surface area contributed by atoms with Crippen molar-refractivity contribution in [2.24, 2.45) is 5.11 Å². The smallest absolute Gasteiger partial charge is 0.330 e. The maximum Gasteiger partial charge on any atom is 0.330 e. The van der Waals surface area contributed by atoms with Gasteiger partial charge in [-0.25, -0.2) is 4.79 Å². The Bertz CT molecular complexity index is 630. The molecule has 9 heteroatoms. The van der Waals surface area contributed by atoms with Crippen molar-refractivity contribution < 1.29 is 9.84 Å². The monoisotopic (exact) mass is 267 g/mol. The van der Waals surface area contributed by atoms with Gasteiger partial charge in [0.05, 0.1) is 18.8 Å². The second-order valence-electron chi connectivity index (χ2n) is 4.32. The molecule has 1 unspecified atom stereocenters. The fourth-order valence-corrected chi connectivity index (χ4v) is 2.04. The zero-order valence-corrected chi connectivity index (χ0v) is 10.2. The van der Waals surface area contributed by atoms with E-state index in [4.69, 9.17) is 15.4 Å². The zero-order chi connectivity index (χ0) is 14.0. The Balaban J connectivity index is 2.44. The van der Waals surface area contributed by atoms with Crippen LogP contribution in [-0.4, -0.2) is 33.4 Å². The summed E-state index contributed by atoms with van der Waals surface area (Å²) in [5.74, 6) is 0. The Kier molecular flexibility index (Phi) is 3.70. The van der Waals surface area contributed by atoms with Gasteiger partial charge in [0.15, 0.2) is 0 Å². The van der Waals surface area contributed by atoms with Crippen molar-refractivity contribution in [2.45, 2.75) is 31.7 Å². The van der Waals surface area contributed by atoms with Crippen molar-refractivity contribution in [2.75, 3.05) is 6.61 Å². The highest BCUT2D eigenvalue weighted by molar-refractivity contribution is 5.02. The zero-order valence-electron chi connectivity index (χ0n) is 10.2. The number of aliphatic hydroxyl groups excluding tert-OH is 1. The van der Waals surface area contributed by atoms with Gasteiger partial charge in [-0.15, -0.1) is 0 Å². The van der Waals surface area contributed by atoms with Crippen molar-refractivity contribution in [3.63, 3.8) is 0 Å². The number of aromatic amines is 1. The molecule has 1 aromatic rings. The van der Waals surface area contributed by atoms with E-state index in [0.29, 0.717) is 12.0 Å². The SMILES string of the molecule is Cc1cn([C@@H]2O[C@H](CO)CC2N=[N+]=[N-])c(=O)[nH]c1=O. The highest BCUT2D eigenvalue weighted by Crippen LogP contribution is 2.30. The highest BCUT2D eigenvalue weighted by Gasteiger charge is 2.36. The topological polar surface area (TPSA) is 133 Å². The quantitative estimate of drug-likeness (QED) is 0.445. The first-order valence-electron chi connectivity index (χ1n) is 5.69. The molecule has 0 bridgehead atoms. The Labute approximate surface area is 107 Å². The fraction of sp³-hybridized carbons (Fsp3) is 0.600. The predicted octanol–water partition coefficient (Wildman–Crippen LogP) is -0.196. The highest BCUT2D eigenvalue weighted by atomic mass is 16.5. The van der Waals surface area contributed by atoms with E-state index in [-0.39, 0.29) is 6.61 Å². The Hall–Kier alpha value is -2.09. The number of aromatic nitrogens is 2. The summed E-state index contributed by atoms with van der Waals surface area (Å²) < 4.78 is 6.64. The molecule has 1 saturated heterocycles. The molecule has 102 valence electrons. The molecule has 2 N–H and O–H groups in total. The lowest BCUT2D eigenvalue weighted by Gasteiger charge is -2.17. The number of nitrogens with zero attached hydrogens (tertiary/aromatic N) is 4. The van der Waals surface area contributed by atoms with E-state index in [9.17, 15) is 9.59 Å². The average molecular weight is 267 g/mol. The molecule has 9 nitrogen and oxygen atoms in total. The number of rotatable bonds is 3. The van der Waals surface area contributed by atoms with Gasteiger partial charge in [-0.05, 0) is 18.9 Å². The first kappa shape index (κ1) is 13.3. The summed E-state index contributed by atoms with van der Waals surface area (Å²) >= 11 is 0. The molecule has 1 aliphatic heterocycles. The average Bonchev–Trinajstić information content (AvgIpc) is 2.77. The van der Waals surface area contributed by atoms with E-state index in [0.717, 1.165) is 0 Å². The third-order valence-electron chi connectivity index (χ3n) is 2.99. The molecule has 0 saturated carbocycles. The minimum absolute atomic E-state index is 0.231. The van der Waals surface area contributed by atoms with Gasteiger partial charge in [0.1, 0.15) is 6.23 Å². The van der Waals surface area contributed by atoms with E-state index < -0.39 is 29.6 Å². The van der Waals surface area contributed by atoms with E-state index in [1.807, 2.05) is 0 Å². The molecule has 19 heavy (non-hydrogen) atoms. The molecular formula is C10H13N5O4. The van der Waals surface area contributed by atoms with Gasteiger partial charge in [-0.1, -0.05) is 5.11 Å². The summed E-state index contributed by atoms with van der Waals surface area (Å²) in [7, 11) is 0. The maximum absolute atomic E-state index is 11.8. The number of ether oxygens (including phenoxy) is 1. The minimum Gasteiger partial charge on any atom is -0.394 e. The van der Waals surface area contributed by atoms with Gasteiger partial charge in [-0.3, -0.25) is 14.3 Å². The summed E-state index contributed by atoms with van der Waals surface area (Å²) in [5.41, 5.74) is 7.74. The number of aryl methyl sites for hydroxylation is 1. The van der Waals surface area contributed by atoms with E-state index in [1.54, 1.807) is 6.92 Å². The number of hydrogen-bond acceptors (Lipinski definition) is 5. The Morgan fingerprint density at radius 2 is 2.42 bits per heavy atom. The van der Waals surface area contributed by atoms with E-state index >= 15 is 0 Å². The van der Waals surface area contributed by atoms with Gasteiger partial charge in [0.2, 0.25) is 0 Å². The Morgan fingerprint density at radius 3 is 3.05 bits per heavy atom. The normalized spacial score (nSPS) is 26.1. The summed E-state index contributed by atoms with van der Waals surface area (Å²) in [6.07, 6.45) is 0.345. The second-order valence-corrected chi connectivity index (χ2v) is 4.32. The molecule has 0 spiro atoms. The molecule has 1 aromatic heterocycles. The van der Waals surface area contributed by atoms with Gasteiger partial charge >= 0.3 is 5.69 Å². The molecular weight excluding hydrogens is 254 g/mol. The van der Waals surface area contributed by atoms with Crippen LogP contribution in [0, 0.1) is 6.92 Å². The third kappa shape index (κ3) is 2.53. The fourth-order valence-electron chi connectivity index (χ4n) is 2.04. The molecule has 2 rings (SSSR count). The summed E-state index contributed by atoms with van der Waals surface area (Å²) in [6, 6.07) is -0.606. The number of nitrogens with one attached hydrogen (secondary N) is 1. The van der Waals surface area contributed by atoms with E-state index in [2.05, 4.69) is 15.0 Å². The van der Waals surface area contributed by atoms with Crippen LogP contribution in [-0.2, 0) is 4.74 Å². The van der Waals surface area contributed by atoms with Crippen LogP contribution < -0.4 is 11.2 Å². The van der Waals surface area contributed by atoms with Crippen molar-refractivity contribution in [3.05, 3.63) is 43.0 Å². The molecule has 3 atom stereocenters. The van der Waals surface area contributed by atoms with Crippen molar-refractivity contribution in [1.82, 2.24) is 9.55 Å². The first-order valence-corrected chi connectivity index (χ1v) is 5.69. The van der Waals surface area contributed by atoms with Crippen LogP contribution in [0.5, 0.6) is 0 Å². The van der Waals surface area contributed by atoms with E-state index in [1.165, 1.54) is 10.8 Å². The van der Waals surface area contributed by atoms with Crippen LogP contribution in [0.15, 0.2) is 20.9 Å². The van der Waals surface area contributed by atoms with Crippen LogP contribution in [0.2, 0.25) is 0 Å². The van der Waals surface area contributed by atoms with Crippen LogP contribution >= 0.6 is 0 Å². The molecule has 1 fully saturated rings. The second kappa shape index (κ2) is 5.27. The van der Waals surface area contributed by atoms with Crippen LogP contribution in [0.1, 0.15) is 18.2 Å². The number of hydrogen-bond donors (Lipinski definition) is 2. The lowest BCUT2D eigenvalue weighted by molar-refractivity contribution is -0.0280. The van der Waals surface area contributed by atoms with Crippen LogP contribution in [0.3, 0.4) is 0 Å².